The summed E-state index contributed by atoms with van der Waals surface area (Å²) in [5, 5.41) is 16.2. The average Bonchev–Trinajstić information content (AvgIpc) is 3.40. The van der Waals surface area contributed by atoms with E-state index in [0.717, 1.165) is 11.4 Å². The van der Waals surface area contributed by atoms with Crippen molar-refractivity contribution >= 4 is 35.3 Å². The second-order valence-corrected chi connectivity index (χ2v) is 7.76. The van der Waals surface area contributed by atoms with Crippen molar-refractivity contribution in [3.8, 4) is 0 Å². The topological polar surface area (TPSA) is 92.9 Å². The number of allylic oxidation sites excluding steroid dienone is 2. The van der Waals surface area contributed by atoms with Crippen LogP contribution in [0.1, 0.15) is 12.0 Å². The van der Waals surface area contributed by atoms with Crippen LogP contribution in [0.25, 0.3) is 0 Å². The van der Waals surface area contributed by atoms with E-state index in [4.69, 9.17) is 11.6 Å². The van der Waals surface area contributed by atoms with E-state index < -0.39 is 4.92 Å². The van der Waals surface area contributed by atoms with Crippen molar-refractivity contribution in [1.29, 1.82) is 0 Å². The number of hydrogen-bond acceptors (Lipinski definition) is 5. The monoisotopic (exact) mass is 371 g/mol. The maximum Gasteiger partial charge on any atom is 0.270 e. The first-order chi connectivity index (χ1) is 12.5. The van der Waals surface area contributed by atoms with Gasteiger partial charge in [0.1, 0.15) is 0 Å². The number of non-ortho nitro benzene ring substituents is 1. The molecule has 1 aliphatic heterocycles. The number of nitrogens with zero attached hydrogens (tertiary/aromatic N) is 3. The van der Waals surface area contributed by atoms with Gasteiger partial charge in [-0.3, -0.25) is 19.7 Å². The van der Waals surface area contributed by atoms with Crippen molar-refractivity contribution < 1.29 is 14.5 Å². The lowest BCUT2D eigenvalue weighted by molar-refractivity contribution is -0.384. The average molecular weight is 372 g/mol. The van der Waals surface area contributed by atoms with Crippen LogP contribution < -0.4 is 0 Å². The van der Waals surface area contributed by atoms with Crippen molar-refractivity contribution in [3.63, 3.8) is 0 Å². The van der Waals surface area contributed by atoms with E-state index in [0.29, 0.717) is 17.4 Å². The Morgan fingerprint density at radius 2 is 1.77 bits per heavy atom. The molecule has 0 radical (unpaired) electrons. The summed E-state index contributed by atoms with van der Waals surface area (Å²) in [6.07, 6.45) is 6.53. The van der Waals surface area contributed by atoms with Crippen LogP contribution in [0.5, 0.6) is 0 Å². The summed E-state index contributed by atoms with van der Waals surface area (Å²) in [5.41, 5.74) is 0.159. The first-order valence-corrected chi connectivity index (χ1v) is 8.89. The zero-order valence-corrected chi connectivity index (χ0v) is 14.2. The van der Waals surface area contributed by atoms with Gasteiger partial charge in [-0.2, -0.15) is 10.1 Å². The number of carbonyl (C=O) groups excluding carboxylic acids is 2. The number of imide groups is 1. The Morgan fingerprint density at radius 3 is 2.35 bits per heavy atom. The molecule has 1 heterocycles. The fourth-order valence-corrected chi connectivity index (χ4v) is 5.08. The molecular weight excluding hydrogens is 358 g/mol. The Labute approximate surface area is 153 Å². The normalized spacial score (nSPS) is 36.6. The molecule has 2 saturated carbocycles. The molecule has 0 aromatic heterocycles. The molecule has 2 amide bonds. The summed E-state index contributed by atoms with van der Waals surface area (Å²) in [7, 11) is 0. The second kappa shape index (κ2) is 5.23. The van der Waals surface area contributed by atoms with Gasteiger partial charge in [-0.05, 0) is 36.2 Å². The van der Waals surface area contributed by atoms with Gasteiger partial charge in [0.2, 0.25) is 0 Å². The number of amides is 2. The number of hydrogen-bond donors (Lipinski definition) is 0. The number of hydrazone groups is 1. The molecule has 7 nitrogen and oxygen atoms in total. The molecule has 1 aromatic rings. The van der Waals surface area contributed by atoms with Gasteiger partial charge in [-0.25, -0.2) is 0 Å². The van der Waals surface area contributed by atoms with Gasteiger partial charge >= 0.3 is 0 Å². The molecule has 1 aromatic carbocycles. The van der Waals surface area contributed by atoms with E-state index in [2.05, 4.69) is 17.3 Å². The van der Waals surface area contributed by atoms with Crippen LogP contribution in [-0.4, -0.2) is 28.0 Å². The molecule has 0 spiro atoms. The van der Waals surface area contributed by atoms with Crippen molar-refractivity contribution in [2.75, 3.05) is 0 Å². The molecule has 2 bridgehead atoms. The van der Waals surface area contributed by atoms with E-state index >= 15 is 0 Å². The quantitative estimate of drug-likeness (QED) is 0.268. The maximum atomic E-state index is 12.8. The predicted molar refractivity (Wildman–Crippen MR) is 92.3 cm³/mol. The third-order valence-corrected chi connectivity index (χ3v) is 6.49. The lowest BCUT2D eigenvalue weighted by atomic mass is 9.63. The largest absolute Gasteiger partial charge is 0.272 e. The number of nitro groups is 1. The van der Waals surface area contributed by atoms with Crippen molar-refractivity contribution in [2.45, 2.75) is 6.42 Å². The van der Waals surface area contributed by atoms with E-state index in [1.807, 2.05) is 0 Å². The van der Waals surface area contributed by atoms with Crippen LogP contribution in [-0.2, 0) is 9.59 Å². The molecule has 0 N–H and O–H groups in total. The van der Waals surface area contributed by atoms with Gasteiger partial charge in [0.25, 0.3) is 17.5 Å². The fourth-order valence-electron chi connectivity index (χ4n) is 4.92. The number of benzene rings is 1. The Bertz CT molecular complexity index is 891. The smallest absolute Gasteiger partial charge is 0.270 e. The first-order valence-electron chi connectivity index (χ1n) is 8.51. The maximum absolute atomic E-state index is 12.8. The van der Waals surface area contributed by atoms with Crippen LogP contribution in [0.15, 0.2) is 35.5 Å². The highest BCUT2D eigenvalue weighted by atomic mass is 35.5. The minimum absolute atomic E-state index is 0.132. The molecule has 5 aliphatic rings. The van der Waals surface area contributed by atoms with Gasteiger partial charge in [0.15, 0.2) is 0 Å². The molecule has 1 saturated heterocycles. The molecule has 26 heavy (non-hydrogen) atoms. The summed E-state index contributed by atoms with van der Waals surface area (Å²) >= 11 is 6.05. The third kappa shape index (κ3) is 2.03. The summed E-state index contributed by atoms with van der Waals surface area (Å²) in [6, 6.07) is 3.95. The number of rotatable bonds is 3. The van der Waals surface area contributed by atoms with E-state index in [1.54, 1.807) is 0 Å². The van der Waals surface area contributed by atoms with E-state index in [-0.39, 0.29) is 46.2 Å². The molecule has 6 atom stereocenters. The van der Waals surface area contributed by atoms with Gasteiger partial charge < -0.3 is 0 Å². The van der Waals surface area contributed by atoms with Crippen molar-refractivity contribution in [3.05, 3.63) is 51.1 Å². The summed E-state index contributed by atoms with van der Waals surface area (Å²) in [4.78, 5) is 36.0. The van der Waals surface area contributed by atoms with Crippen LogP contribution >= 0.6 is 11.6 Å². The van der Waals surface area contributed by atoms with E-state index in [9.17, 15) is 19.7 Å². The van der Waals surface area contributed by atoms with Crippen molar-refractivity contribution in [1.82, 2.24) is 5.01 Å². The van der Waals surface area contributed by atoms with E-state index in [1.165, 1.54) is 24.4 Å². The molecule has 4 aliphatic carbocycles. The fraction of sp³-hybridized carbons (Fsp3) is 0.389. The van der Waals surface area contributed by atoms with Gasteiger partial charge in [0.05, 0.1) is 23.0 Å². The summed E-state index contributed by atoms with van der Waals surface area (Å²) in [5.74, 6) is 0.125. The van der Waals surface area contributed by atoms with Crippen LogP contribution in [0.3, 0.4) is 0 Å². The zero-order chi connectivity index (χ0) is 18.2. The SMILES string of the molecule is O=C1[C@@H]2[C@H]3C=C[C@@H]([C@@H]4C[C@@H]34)[C@H]2C(=O)N1N=Cc1cc([N+](=O)[O-])ccc1Cl. The second-order valence-electron chi connectivity index (χ2n) is 7.35. The highest BCUT2D eigenvalue weighted by molar-refractivity contribution is 6.33. The third-order valence-electron chi connectivity index (χ3n) is 6.14. The standard InChI is InChI=1S/C18H14ClN3O4/c19-14-4-1-9(22(25)26)5-8(14)7-20-21-17(23)15-10-2-3-11(13-6-12(10)13)16(15)18(21)24/h1-5,7,10-13,15-16H,6H2/t10-,11-,12-,13-,15+,16+/m0/s1. The van der Waals surface area contributed by atoms with Crippen molar-refractivity contribution in [2.24, 2.45) is 40.6 Å². The molecule has 0 unspecified atom stereocenters. The Hall–Kier alpha value is -2.54. The summed E-state index contributed by atoms with van der Waals surface area (Å²) < 4.78 is 0. The van der Waals surface area contributed by atoms with Crippen LogP contribution in [0, 0.1) is 45.6 Å². The Morgan fingerprint density at radius 1 is 1.15 bits per heavy atom. The Balaban J connectivity index is 1.45. The number of nitro benzene ring substituents is 1. The van der Waals surface area contributed by atoms with Crippen LogP contribution in [0.4, 0.5) is 5.69 Å². The number of halogens is 1. The molecular formula is C18H14ClN3O4. The predicted octanol–water partition coefficient (Wildman–Crippen LogP) is 2.64. The lowest BCUT2D eigenvalue weighted by Crippen LogP contribution is -2.40. The Kier molecular flexibility index (Phi) is 3.16. The first kappa shape index (κ1) is 15.7. The number of carbonyl (C=O) groups is 2. The molecule has 6 rings (SSSR count). The molecule has 8 heteroatoms. The minimum Gasteiger partial charge on any atom is -0.272 e. The minimum atomic E-state index is -0.538. The molecule has 3 fully saturated rings. The lowest BCUT2D eigenvalue weighted by Gasteiger charge is -2.37. The summed E-state index contributed by atoms with van der Waals surface area (Å²) in [6.45, 7) is 0. The van der Waals surface area contributed by atoms with Gasteiger partial charge in [-0.1, -0.05) is 23.8 Å². The van der Waals surface area contributed by atoms with Gasteiger partial charge in [-0.15, -0.1) is 0 Å². The zero-order valence-electron chi connectivity index (χ0n) is 13.5. The van der Waals surface area contributed by atoms with Crippen LogP contribution in [0.2, 0.25) is 5.02 Å². The molecule has 132 valence electrons. The van der Waals surface area contributed by atoms with Gasteiger partial charge in [0, 0.05) is 22.7 Å². The highest BCUT2D eigenvalue weighted by Crippen LogP contribution is 2.65. The highest BCUT2D eigenvalue weighted by Gasteiger charge is 2.67.